The van der Waals surface area contributed by atoms with E-state index in [9.17, 15) is 4.79 Å². The molecule has 0 spiro atoms. The van der Waals surface area contributed by atoms with E-state index in [1.807, 2.05) is 12.1 Å². The first-order chi connectivity index (χ1) is 12.7. The normalized spacial score (nSPS) is 12.0. The minimum Gasteiger partial charge on any atom is -0.497 e. The lowest BCUT2D eigenvalue weighted by molar-refractivity contribution is 0.0933. The number of methoxy groups -OCH3 is 1. The Kier molecular flexibility index (Phi) is 8.23. The summed E-state index contributed by atoms with van der Waals surface area (Å²) in [5.41, 5.74) is 1.17. The van der Waals surface area contributed by atoms with Gasteiger partial charge in [0.05, 0.1) is 12.7 Å². The smallest absolute Gasteiger partial charge is 0.254 e. The summed E-state index contributed by atoms with van der Waals surface area (Å²) >= 11 is 25.3. The van der Waals surface area contributed by atoms with Crippen LogP contribution in [0.25, 0.3) is 0 Å². The maximum Gasteiger partial charge on any atom is 0.254 e. The second-order valence-electron chi connectivity index (χ2n) is 5.25. The summed E-state index contributed by atoms with van der Waals surface area (Å²) in [4.78, 5) is 12.5. The molecule has 144 valence electrons. The molecule has 0 aliphatic rings. The Hall–Kier alpha value is -1.000. The molecule has 0 aliphatic carbocycles. The molecule has 0 unspecified atom stereocenters. The van der Waals surface area contributed by atoms with Crippen LogP contribution in [0, 0.1) is 3.57 Å². The summed E-state index contributed by atoms with van der Waals surface area (Å²) < 4.78 is 4.04. The molecule has 0 radical (unpaired) electrons. The van der Waals surface area contributed by atoms with Crippen molar-refractivity contribution in [1.82, 2.24) is 10.6 Å². The first-order valence-electron chi connectivity index (χ1n) is 7.54. The summed E-state index contributed by atoms with van der Waals surface area (Å²) in [5, 5.41) is 8.60. The van der Waals surface area contributed by atoms with Gasteiger partial charge in [-0.1, -0.05) is 46.9 Å². The average Bonchev–Trinajstić information content (AvgIpc) is 2.61. The van der Waals surface area contributed by atoms with Crippen molar-refractivity contribution >= 4 is 86.3 Å². The second-order valence-corrected chi connectivity index (χ2v) is 9.19. The van der Waals surface area contributed by atoms with Crippen molar-refractivity contribution in [2.75, 3.05) is 12.4 Å². The topological polar surface area (TPSA) is 62.4 Å². The zero-order chi connectivity index (χ0) is 20.0. The standard InChI is InChI=1S/C17H15Cl3IN3O2S/c1-26-11-8-6-10(7-9-11)22-16(27)24-15(17(18,19)20)23-14(25)12-4-2-3-5-13(12)21/h2-9,15H,1H3,(H,23,25)(H2,22,24,27)/t15-/m0/s1. The Balaban J connectivity index is 2.06. The number of rotatable bonds is 5. The third-order valence-corrected chi connectivity index (χ3v) is 5.16. The van der Waals surface area contributed by atoms with Crippen LogP contribution in [0.3, 0.4) is 0 Å². The molecule has 0 fully saturated rings. The number of carbonyl (C=O) groups is 1. The number of amides is 1. The molecule has 0 aliphatic heterocycles. The molecular weight excluding hydrogens is 544 g/mol. The van der Waals surface area contributed by atoms with E-state index in [0.29, 0.717) is 17.0 Å². The van der Waals surface area contributed by atoms with E-state index in [0.717, 1.165) is 3.57 Å². The van der Waals surface area contributed by atoms with Crippen LogP contribution in [0.15, 0.2) is 48.5 Å². The fourth-order valence-corrected chi connectivity index (χ4v) is 3.22. The Bertz CT molecular complexity index is 816. The largest absolute Gasteiger partial charge is 0.497 e. The number of carbonyl (C=O) groups excluding carboxylic acids is 1. The highest BCUT2D eigenvalue weighted by molar-refractivity contribution is 14.1. The van der Waals surface area contributed by atoms with E-state index in [2.05, 4.69) is 38.5 Å². The van der Waals surface area contributed by atoms with Crippen LogP contribution in [-0.4, -0.2) is 28.1 Å². The van der Waals surface area contributed by atoms with Gasteiger partial charge in [0.1, 0.15) is 11.9 Å². The summed E-state index contributed by atoms with van der Waals surface area (Å²) in [6, 6.07) is 14.2. The fourth-order valence-electron chi connectivity index (χ4n) is 2.03. The van der Waals surface area contributed by atoms with Crippen LogP contribution in [-0.2, 0) is 0 Å². The van der Waals surface area contributed by atoms with Gasteiger partial charge in [-0.05, 0) is 71.2 Å². The van der Waals surface area contributed by atoms with Gasteiger partial charge in [-0.2, -0.15) is 0 Å². The van der Waals surface area contributed by atoms with Gasteiger partial charge in [0.15, 0.2) is 5.11 Å². The van der Waals surface area contributed by atoms with E-state index in [-0.39, 0.29) is 5.11 Å². The predicted octanol–water partition coefficient (Wildman–Crippen LogP) is 4.71. The van der Waals surface area contributed by atoms with E-state index in [1.165, 1.54) is 0 Å². The molecule has 0 heterocycles. The first-order valence-corrected chi connectivity index (χ1v) is 10.2. The molecule has 0 bridgehead atoms. The van der Waals surface area contributed by atoms with Crippen molar-refractivity contribution in [2.45, 2.75) is 9.96 Å². The molecule has 0 saturated carbocycles. The second kappa shape index (κ2) is 9.97. The number of benzene rings is 2. The highest BCUT2D eigenvalue weighted by Gasteiger charge is 2.35. The Morgan fingerprint density at radius 1 is 1.11 bits per heavy atom. The number of hydrogen-bond donors (Lipinski definition) is 3. The van der Waals surface area contributed by atoms with E-state index >= 15 is 0 Å². The summed E-state index contributed by atoms with van der Waals surface area (Å²) in [6.07, 6.45) is -1.05. The van der Waals surface area contributed by atoms with Gasteiger partial charge in [0.25, 0.3) is 5.91 Å². The fraction of sp³-hybridized carbons (Fsp3) is 0.176. The van der Waals surface area contributed by atoms with Gasteiger partial charge in [-0.25, -0.2) is 0 Å². The summed E-state index contributed by atoms with van der Waals surface area (Å²) in [6.45, 7) is 0. The third kappa shape index (κ3) is 6.83. The molecular formula is C17H15Cl3IN3O2S. The molecule has 2 aromatic rings. The summed E-state index contributed by atoms with van der Waals surface area (Å²) in [7, 11) is 1.58. The summed E-state index contributed by atoms with van der Waals surface area (Å²) in [5.74, 6) is 0.319. The molecule has 5 nitrogen and oxygen atoms in total. The van der Waals surface area contributed by atoms with Gasteiger partial charge >= 0.3 is 0 Å². The first kappa shape index (κ1) is 22.3. The zero-order valence-corrected chi connectivity index (χ0v) is 19.2. The van der Waals surface area contributed by atoms with E-state index in [1.54, 1.807) is 43.5 Å². The maximum absolute atomic E-state index is 12.5. The number of alkyl halides is 3. The highest BCUT2D eigenvalue weighted by Crippen LogP contribution is 2.29. The van der Waals surface area contributed by atoms with Gasteiger partial charge in [-0.3, -0.25) is 4.79 Å². The average molecular weight is 559 g/mol. The van der Waals surface area contributed by atoms with Crippen molar-refractivity contribution in [3.63, 3.8) is 0 Å². The number of halogens is 4. The number of hydrogen-bond acceptors (Lipinski definition) is 3. The number of anilines is 1. The lowest BCUT2D eigenvalue weighted by atomic mass is 10.2. The Morgan fingerprint density at radius 3 is 2.30 bits per heavy atom. The molecule has 1 atom stereocenters. The van der Waals surface area contributed by atoms with Crippen molar-refractivity contribution in [3.8, 4) is 5.75 Å². The minimum absolute atomic E-state index is 0.180. The lowest BCUT2D eigenvalue weighted by Crippen LogP contribution is -2.56. The molecule has 27 heavy (non-hydrogen) atoms. The molecule has 3 N–H and O–H groups in total. The number of ether oxygens (including phenoxy) is 1. The maximum atomic E-state index is 12.5. The van der Waals surface area contributed by atoms with E-state index < -0.39 is 15.9 Å². The molecule has 1 amide bonds. The van der Waals surface area contributed by atoms with Gasteiger partial charge < -0.3 is 20.7 Å². The quantitative estimate of drug-likeness (QED) is 0.215. The van der Waals surface area contributed by atoms with Crippen molar-refractivity contribution in [2.24, 2.45) is 0 Å². The lowest BCUT2D eigenvalue weighted by Gasteiger charge is -2.28. The SMILES string of the molecule is COc1ccc(NC(=S)N[C@H](NC(=O)c2ccccc2I)C(Cl)(Cl)Cl)cc1. The van der Waals surface area contributed by atoms with Gasteiger partial charge in [0, 0.05) is 9.26 Å². The van der Waals surface area contributed by atoms with Crippen LogP contribution in [0.4, 0.5) is 5.69 Å². The van der Waals surface area contributed by atoms with Gasteiger partial charge in [-0.15, -0.1) is 0 Å². The van der Waals surface area contributed by atoms with E-state index in [4.69, 9.17) is 51.8 Å². The van der Waals surface area contributed by atoms with Crippen molar-refractivity contribution < 1.29 is 9.53 Å². The van der Waals surface area contributed by atoms with Crippen molar-refractivity contribution in [3.05, 3.63) is 57.7 Å². The Morgan fingerprint density at radius 2 is 1.74 bits per heavy atom. The molecule has 2 aromatic carbocycles. The molecule has 0 aromatic heterocycles. The number of thiocarbonyl (C=S) groups is 1. The van der Waals surface area contributed by atoms with Crippen LogP contribution in [0.2, 0.25) is 0 Å². The number of nitrogens with one attached hydrogen (secondary N) is 3. The third-order valence-electron chi connectivity index (χ3n) is 3.34. The predicted molar refractivity (Wildman–Crippen MR) is 123 cm³/mol. The molecule has 0 saturated heterocycles. The van der Waals surface area contributed by atoms with Gasteiger partial charge in [0.2, 0.25) is 3.79 Å². The van der Waals surface area contributed by atoms with Crippen LogP contribution in [0.1, 0.15) is 10.4 Å². The monoisotopic (exact) mass is 557 g/mol. The van der Waals surface area contributed by atoms with Crippen LogP contribution < -0.4 is 20.7 Å². The molecule has 2 rings (SSSR count). The minimum atomic E-state index is -1.83. The van der Waals surface area contributed by atoms with Crippen molar-refractivity contribution in [1.29, 1.82) is 0 Å². The van der Waals surface area contributed by atoms with Crippen LogP contribution >= 0.6 is 69.6 Å². The highest BCUT2D eigenvalue weighted by atomic mass is 127. The molecule has 10 heteroatoms. The van der Waals surface area contributed by atoms with Crippen LogP contribution in [0.5, 0.6) is 5.75 Å². The zero-order valence-electron chi connectivity index (χ0n) is 13.9. The Labute approximate surface area is 191 Å².